The maximum absolute atomic E-state index is 12.8. The van der Waals surface area contributed by atoms with E-state index in [4.69, 9.17) is 4.74 Å². The Morgan fingerprint density at radius 1 is 1.53 bits per heavy atom. The van der Waals surface area contributed by atoms with Crippen LogP contribution in [-0.2, 0) is 9.53 Å². The van der Waals surface area contributed by atoms with Crippen LogP contribution in [0, 0.1) is 5.82 Å². The first-order chi connectivity index (χ1) is 8.22. The van der Waals surface area contributed by atoms with E-state index in [9.17, 15) is 9.18 Å². The number of carbonyl (C=O) groups is 1. The van der Waals surface area contributed by atoms with E-state index >= 15 is 0 Å². The van der Waals surface area contributed by atoms with Crippen LogP contribution in [-0.4, -0.2) is 30.6 Å². The molecule has 5 heteroatoms. The molecule has 92 valence electrons. The number of hydrogen-bond donors (Lipinski definition) is 0. The van der Waals surface area contributed by atoms with E-state index in [0.717, 1.165) is 32.0 Å². The fraction of sp³-hybridized carbons (Fsp3) is 0.500. The molecule has 1 aliphatic rings. The minimum absolute atomic E-state index is 0.254. The highest BCUT2D eigenvalue weighted by Crippen LogP contribution is 2.23. The van der Waals surface area contributed by atoms with Crippen molar-refractivity contribution in [2.45, 2.75) is 25.3 Å². The standard InChI is InChI=1S/C12H15FN2O2/c1-17-12(16)10-4-2-3-7-15(10)11-6-5-9(13)8-14-11/h5-6,8,10H,2-4,7H2,1H3. The summed E-state index contributed by atoms with van der Waals surface area (Å²) in [5.41, 5.74) is 0. The Balaban J connectivity index is 2.21. The number of esters is 1. The fourth-order valence-electron chi connectivity index (χ4n) is 2.12. The lowest BCUT2D eigenvalue weighted by molar-refractivity contribution is -0.142. The van der Waals surface area contributed by atoms with Crippen LogP contribution < -0.4 is 4.90 Å². The van der Waals surface area contributed by atoms with Gasteiger partial charge in [0.05, 0.1) is 13.3 Å². The van der Waals surface area contributed by atoms with Crippen LogP contribution in [0.2, 0.25) is 0 Å². The van der Waals surface area contributed by atoms with E-state index in [-0.39, 0.29) is 17.8 Å². The molecule has 2 rings (SSSR count). The second kappa shape index (κ2) is 5.12. The van der Waals surface area contributed by atoms with Gasteiger partial charge in [0.1, 0.15) is 17.7 Å². The van der Waals surface area contributed by atoms with E-state index in [0.29, 0.717) is 5.82 Å². The molecule has 1 atom stereocenters. The van der Waals surface area contributed by atoms with Gasteiger partial charge in [-0.1, -0.05) is 0 Å². The van der Waals surface area contributed by atoms with Crippen molar-refractivity contribution in [1.29, 1.82) is 0 Å². The zero-order valence-electron chi connectivity index (χ0n) is 9.73. The molecule has 0 amide bonds. The van der Waals surface area contributed by atoms with Crippen molar-refractivity contribution >= 4 is 11.8 Å². The lowest BCUT2D eigenvalue weighted by Gasteiger charge is -2.34. The van der Waals surface area contributed by atoms with Crippen LogP contribution in [0.25, 0.3) is 0 Å². The summed E-state index contributed by atoms with van der Waals surface area (Å²) >= 11 is 0. The van der Waals surface area contributed by atoms with E-state index in [1.165, 1.54) is 13.2 Å². The molecule has 0 radical (unpaired) electrons. The number of ether oxygens (including phenoxy) is 1. The zero-order chi connectivity index (χ0) is 12.3. The Labute approximate surface area is 99.4 Å². The Morgan fingerprint density at radius 3 is 3.00 bits per heavy atom. The SMILES string of the molecule is COC(=O)C1CCCCN1c1ccc(F)cn1. The minimum Gasteiger partial charge on any atom is -0.467 e. The number of anilines is 1. The highest BCUT2D eigenvalue weighted by Gasteiger charge is 2.30. The van der Waals surface area contributed by atoms with Gasteiger partial charge in [-0.15, -0.1) is 0 Å². The van der Waals surface area contributed by atoms with Crippen LogP contribution >= 0.6 is 0 Å². The van der Waals surface area contributed by atoms with Crippen LogP contribution in [0.1, 0.15) is 19.3 Å². The summed E-state index contributed by atoms with van der Waals surface area (Å²) in [7, 11) is 1.38. The van der Waals surface area contributed by atoms with Gasteiger partial charge in [-0.2, -0.15) is 0 Å². The smallest absolute Gasteiger partial charge is 0.328 e. The van der Waals surface area contributed by atoms with Crippen LogP contribution in [0.15, 0.2) is 18.3 Å². The first-order valence-corrected chi connectivity index (χ1v) is 5.68. The zero-order valence-corrected chi connectivity index (χ0v) is 9.73. The summed E-state index contributed by atoms with van der Waals surface area (Å²) in [6.07, 6.45) is 3.92. The highest BCUT2D eigenvalue weighted by atomic mass is 19.1. The quantitative estimate of drug-likeness (QED) is 0.736. The number of carbonyl (C=O) groups excluding carboxylic acids is 1. The van der Waals surface area contributed by atoms with Crippen LogP contribution in [0.5, 0.6) is 0 Å². The summed E-state index contributed by atoms with van der Waals surface area (Å²) < 4.78 is 17.6. The second-order valence-electron chi connectivity index (χ2n) is 4.06. The van der Waals surface area contributed by atoms with Crippen LogP contribution in [0.3, 0.4) is 0 Å². The second-order valence-corrected chi connectivity index (χ2v) is 4.06. The third-order valence-corrected chi connectivity index (χ3v) is 2.98. The average molecular weight is 238 g/mol. The molecule has 0 bridgehead atoms. The maximum Gasteiger partial charge on any atom is 0.328 e. The number of aromatic nitrogens is 1. The summed E-state index contributed by atoms with van der Waals surface area (Å²) in [5, 5.41) is 0. The number of rotatable bonds is 2. The molecule has 17 heavy (non-hydrogen) atoms. The van der Waals surface area contributed by atoms with Gasteiger partial charge in [-0.05, 0) is 31.4 Å². The predicted molar refractivity (Wildman–Crippen MR) is 61.2 cm³/mol. The lowest BCUT2D eigenvalue weighted by Crippen LogP contribution is -2.45. The van der Waals surface area contributed by atoms with Crippen molar-refractivity contribution in [3.63, 3.8) is 0 Å². The largest absolute Gasteiger partial charge is 0.467 e. The lowest BCUT2D eigenvalue weighted by atomic mass is 10.0. The number of piperidine rings is 1. The van der Waals surface area contributed by atoms with Gasteiger partial charge in [-0.25, -0.2) is 14.2 Å². The molecule has 0 N–H and O–H groups in total. The molecule has 1 unspecified atom stereocenters. The van der Waals surface area contributed by atoms with Crippen molar-refractivity contribution < 1.29 is 13.9 Å². The average Bonchev–Trinajstić information content (AvgIpc) is 2.39. The molecule has 2 heterocycles. The molecular formula is C12H15FN2O2. The predicted octanol–water partition coefficient (Wildman–Crippen LogP) is 1.75. The van der Waals surface area contributed by atoms with Crippen molar-refractivity contribution in [1.82, 2.24) is 4.98 Å². The molecule has 1 aliphatic heterocycles. The maximum atomic E-state index is 12.8. The molecule has 1 saturated heterocycles. The van der Waals surface area contributed by atoms with Gasteiger partial charge in [0.25, 0.3) is 0 Å². The summed E-state index contributed by atoms with van der Waals surface area (Å²) in [4.78, 5) is 17.5. The molecule has 4 nitrogen and oxygen atoms in total. The minimum atomic E-state index is -0.375. The number of nitrogens with zero attached hydrogens (tertiary/aromatic N) is 2. The topological polar surface area (TPSA) is 42.4 Å². The number of hydrogen-bond acceptors (Lipinski definition) is 4. The van der Waals surface area contributed by atoms with E-state index < -0.39 is 0 Å². The Bertz CT molecular complexity index is 394. The number of methoxy groups -OCH3 is 1. The Morgan fingerprint density at radius 2 is 2.35 bits per heavy atom. The highest BCUT2D eigenvalue weighted by molar-refractivity contribution is 5.79. The summed E-state index contributed by atoms with van der Waals surface area (Å²) in [5.74, 6) is -0.00213. The molecule has 0 spiro atoms. The number of pyridine rings is 1. The molecule has 1 aromatic heterocycles. The summed E-state index contributed by atoms with van der Waals surface area (Å²) in [6.45, 7) is 0.748. The van der Waals surface area contributed by atoms with Gasteiger partial charge >= 0.3 is 5.97 Å². The van der Waals surface area contributed by atoms with E-state index in [1.54, 1.807) is 6.07 Å². The molecule has 1 fully saturated rings. The monoisotopic (exact) mass is 238 g/mol. The van der Waals surface area contributed by atoms with Crippen LogP contribution in [0.4, 0.5) is 10.2 Å². The first-order valence-electron chi connectivity index (χ1n) is 5.68. The van der Waals surface area contributed by atoms with Gasteiger partial charge in [0.15, 0.2) is 0 Å². The van der Waals surface area contributed by atoms with Crippen molar-refractivity contribution in [2.75, 3.05) is 18.6 Å². The van der Waals surface area contributed by atoms with Gasteiger partial charge in [0.2, 0.25) is 0 Å². The Hall–Kier alpha value is -1.65. The third kappa shape index (κ3) is 2.54. The molecular weight excluding hydrogens is 223 g/mol. The fourth-order valence-corrected chi connectivity index (χ4v) is 2.12. The van der Waals surface area contributed by atoms with Crippen molar-refractivity contribution in [2.24, 2.45) is 0 Å². The van der Waals surface area contributed by atoms with E-state index in [2.05, 4.69) is 4.98 Å². The number of halogens is 1. The van der Waals surface area contributed by atoms with Gasteiger partial charge in [-0.3, -0.25) is 0 Å². The molecule has 0 aromatic carbocycles. The van der Waals surface area contributed by atoms with Crippen molar-refractivity contribution in [3.8, 4) is 0 Å². The molecule has 1 aromatic rings. The molecule has 0 saturated carbocycles. The molecule has 0 aliphatic carbocycles. The van der Waals surface area contributed by atoms with E-state index in [1.807, 2.05) is 4.90 Å². The summed E-state index contributed by atoms with van der Waals surface area (Å²) in [6, 6.07) is 2.65. The third-order valence-electron chi connectivity index (χ3n) is 2.98. The van der Waals surface area contributed by atoms with Gasteiger partial charge < -0.3 is 9.64 Å². The first kappa shape index (κ1) is 11.8. The van der Waals surface area contributed by atoms with Crippen molar-refractivity contribution in [3.05, 3.63) is 24.1 Å². The Kier molecular flexibility index (Phi) is 3.56. The normalized spacial score (nSPS) is 20.1. The van der Waals surface area contributed by atoms with Gasteiger partial charge in [0, 0.05) is 6.54 Å².